The zero-order chi connectivity index (χ0) is 13.6. The smallest absolute Gasteiger partial charge is 0.143 e. The van der Waals surface area contributed by atoms with Gasteiger partial charge >= 0.3 is 0 Å². The summed E-state index contributed by atoms with van der Waals surface area (Å²) in [5, 5.41) is 0. The van der Waals surface area contributed by atoms with Gasteiger partial charge in [0.1, 0.15) is 11.6 Å². The molecule has 0 aliphatic heterocycles. The van der Waals surface area contributed by atoms with Crippen molar-refractivity contribution in [2.45, 2.75) is 6.92 Å². The summed E-state index contributed by atoms with van der Waals surface area (Å²) in [6.07, 6.45) is 0. The first kappa shape index (κ1) is 11.7. The first-order valence-corrected chi connectivity index (χ1v) is 6.05. The number of nitrogens with two attached hydrogens (primary N) is 1. The Morgan fingerprint density at radius 2 is 1.95 bits per heavy atom. The molecule has 2 N–H and O–H groups in total. The number of rotatable bonds is 1. The Morgan fingerprint density at radius 3 is 2.68 bits per heavy atom. The van der Waals surface area contributed by atoms with Crippen molar-refractivity contribution in [1.29, 1.82) is 0 Å². The Bertz CT molecular complexity index is 774. The molecular weight excluding hydrogens is 241 g/mol. The van der Waals surface area contributed by atoms with Crippen LogP contribution in [-0.2, 0) is 7.05 Å². The van der Waals surface area contributed by atoms with Crippen molar-refractivity contribution < 1.29 is 4.39 Å². The highest BCUT2D eigenvalue weighted by Crippen LogP contribution is 2.27. The predicted molar refractivity (Wildman–Crippen MR) is 75.3 cm³/mol. The van der Waals surface area contributed by atoms with Gasteiger partial charge in [0.2, 0.25) is 0 Å². The molecule has 0 aliphatic carbocycles. The highest BCUT2D eigenvalue weighted by molar-refractivity contribution is 5.81. The molecule has 0 atom stereocenters. The minimum atomic E-state index is -0.352. The second kappa shape index (κ2) is 4.09. The molecule has 0 fully saturated rings. The fraction of sp³-hybridized carbons (Fsp3) is 0.133. The highest BCUT2D eigenvalue weighted by atomic mass is 19.1. The molecule has 1 aromatic heterocycles. The number of nitrogen functional groups attached to an aromatic ring is 1. The van der Waals surface area contributed by atoms with Crippen molar-refractivity contribution in [2.24, 2.45) is 7.05 Å². The van der Waals surface area contributed by atoms with E-state index in [0.29, 0.717) is 17.1 Å². The second-order valence-corrected chi connectivity index (χ2v) is 4.73. The van der Waals surface area contributed by atoms with E-state index in [-0.39, 0.29) is 5.82 Å². The molecule has 4 heteroatoms. The third kappa shape index (κ3) is 1.85. The van der Waals surface area contributed by atoms with E-state index in [9.17, 15) is 4.39 Å². The lowest BCUT2D eigenvalue weighted by molar-refractivity contribution is 0.629. The summed E-state index contributed by atoms with van der Waals surface area (Å²) in [6.45, 7) is 2.01. The fourth-order valence-electron chi connectivity index (χ4n) is 2.26. The lowest BCUT2D eigenvalue weighted by Crippen LogP contribution is -1.96. The van der Waals surface area contributed by atoms with E-state index >= 15 is 0 Å². The maximum absolute atomic E-state index is 14.0. The summed E-state index contributed by atoms with van der Waals surface area (Å²) in [6, 6.07) is 10.7. The van der Waals surface area contributed by atoms with Gasteiger partial charge in [-0.15, -0.1) is 0 Å². The van der Waals surface area contributed by atoms with Crippen LogP contribution in [0.5, 0.6) is 0 Å². The number of imidazole rings is 1. The minimum Gasteiger partial charge on any atom is -0.399 e. The van der Waals surface area contributed by atoms with Crippen LogP contribution >= 0.6 is 0 Å². The maximum Gasteiger partial charge on any atom is 0.143 e. The molecule has 2 aromatic carbocycles. The van der Waals surface area contributed by atoms with E-state index in [1.807, 2.05) is 36.7 Å². The number of halogens is 1. The van der Waals surface area contributed by atoms with Crippen LogP contribution in [0.4, 0.5) is 10.1 Å². The Balaban J connectivity index is 2.27. The standard InChI is InChI=1S/C15H14FN3/c1-9-3-6-14-13(7-9)18-15(19(14)2)11-5-4-10(17)8-12(11)16/h3-8H,17H2,1-2H3. The lowest BCUT2D eigenvalue weighted by atomic mass is 10.2. The number of hydrogen-bond acceptors (Lipinski definition) is 2. The number of aryl methyl sites for hydroxylation is 2. The SMILES string of the molecule is Cc1ccc2c(c1)nc(-c1ccc(N)cc1F)n2C. The van der Waals surface area contributed by atoms with Crippen LogP contribution in [-0.4, -0.2) is 9.55 Å². The molecule has 3 rings (SSSR count). The van der Waals surface area contributed by atoms with Crippen molar-refractivity contribution in [3.05, 3.63) is 47.8 Å². The zero-order valence-corrected chi connectivity index (χ0v) is 10.8. The van der Waals surface area contributed by atoms with E-state index in [4.69, 9.17) is 5.73 Å². The minimum absolute atomic E-state index is 0.352. The lowest BCUT2D eigenvalue weighted by Gasteiger charge is -2.04. The van der Waals surface area contributed by atoms with E-state index in [0.717, 1.165) is 16.6 Å². The van der Waals surface area contributed by atoms with Crippen LogP contribution in [0.15, 0.2) is 36.4 Å². The Morgan fingerprint density at radius 1 is 1.16 bits per heavy atom. The summed E-state index contributed by atoms with van der Waals surface area (Å²) in [5.74, 6) is 0.258. The quantitative estimate of drug-likeness (QED) is 0.678. The van der Waals surface area contributed by atoms with Gasteiger partial charge in [-0.05, 0) is 42.8 Å². The van der Waals surface area contributed by atoms with E-state index in [2.05, 4.69) is 4.98 Å². The molecule has 0 aliphatic rings. The summed E-state index contributed by atoms with van der Waals surface area (Å²) >= 11 is 0. The third-order valence-corrected chi connectivity index (χ3v) is 3.27. The van der Waals surface area contributed by atoms with Crippen molar-refractivity contribution >= 4 is 16.7 Å². The van der Waals surface area contributed by atoms with Crippen LogP contribution in [0, 0.1) is 12.7 Å². The number of anilines is 1. The largest absolute Gasteiger partial charge is 0.399 e. The Kier molecular flexibility index (Phi) is 2.52. The number of nitrogens with zero attached hydrogens (tertiary/aromatic N) is 2. The molecule has 96 valence electrons. The van der Waals surface area contributed by atoms with Crippen molar-refractivity contribution in [3.63, 3.8) is 0 Å². The number of aromatic nitrogens is 2. The van der Waals surface area contributed by atoms with E-state index in [1.54, 1.807) is 12.1 Å². The van der Waals surface area contributed by atoms with Crippen LogP contribution in [0.2, 0.25) is 0 Å². The molecule has 0 radical (unpaired) electrons. The van der Waals surface area contributed by atoms with Gasteiger partial charge in [0.15, 0.2) is 0 Å². The van der Waals surface area contributed by atoms with Gasteiger partial charge in [0.25, 0.3) is 0 Å². The van der Waals surface area contributed by atoms with E-state index in [1.165, 1.54) is 6.07 Å². The van der Waals surface area contributed by atoms with Crippen molar-refractivity contribution in [2.75, 3.05) is 5.73 Å². The van der Waals surface area contributed by atoms with Gasteiger partial charge in [0, 0.05) is 12.7 Å². The second-order valence-electron chi connectivity index (χ2n) is 4.73. The molecule has 3 aromatic rings. The first-order chi connectivity index (χ1) is 9.06. The monoisotopic (exact) mass is 255 g/mol. The third-order valence-electron chi connectivity index (χ3n) is 3.27. The molecule has 0 bridgehead atoms. The van der Waals surface area contributed by atoms with Gasteiger partial charge in [-0.3, -0.25) is 0 Å². The molecule has 19 heavy (non-hydrogen) atoms. The molecule has 0 unspecified atom stereocenters. The van der Waals surface area contributed by atoms with Gasteiger partial charge in [-0.25, -0.2) is 9.37 Å². The zero-order valence-electron chi connectivity index (χ0n) is 10.8. The summed E-state index contributed by atoms with van der Waals surface area (Å²) in [5.41, 5.74) is 9.43. The number of hydrogen-bond donors (Lipinski definition) is 1. The van der Waals surface area contributed by atoms with Crippen molar-refractivity contribution in [3.8, 4) is 11.4 Å². The van der Waals surface area contributed by atoms with Gasteiger partial charge in [0.05, 0.1) is 16.6 Å². The average Bonchev–Trinajstić information content (AvgIpc) is 2.66. The molecule has 0 saturated carbocycles. The van der Waals surface area contributed by atoms with Crippen LogP contribution < -0.4 is 5.73 Å². The number of benzene rings is 2. The average molecular weight is 255 g/mol. The summed E-state index contributed by atoms with van der Waals surface area (Å²) < 4.78 is 15.9. The van der Waals surface area contributed by atoms with Gasteiger partial charge in [-0.1, -0.05) is 6.07 Å². The molecular formula is C15H14FN3. The molecule has 0 amide bonds. The van der Waals surface area contributed by atoms with Crippen LogP contribution in [0.25, 0.3) is 22.4 Å². The number of fused-ring (bicyclic) bond motifs is 1. The van der Waals surface area contributed by atoms with E-state index < -0.39 is 0 Å². The molecule has 3 nitrogen and oxygen atoms in total. The van der Waals surface area contributed by atoms with Gasteiger partial charge in [-0.2, -0.15) is 0 Å². The van der Waals surface area contributed by atoms with Crippen molar-refractivity contribution in [1.82, 2.24) is 9.55 Å². The normalized spacial score (nSPS) is 11.1. The van der Waals surface area contributed by atoms with Crippen LogP contribution in [0.3, 0.4) is 0 Å². The highest BCUT2D eigenvalue weighted by Gasteiger charge is 2.13. The molecule has 0 saturated heterocycles. The maximum atomic E-state index is 14.0. The first-order valence-electron chi connectivity index (χ1n) is 6.05. The molecule has 1 heterocycles. The summed E-state index contributed by atoms with van der Waals surface area (Å²) in [4.78, 5) is 4.52. The Hall–Kier alpha value is -2.36. The predicted octanol–water partition coefficient (Wildman–Crippen LogP) is 3.27. The Labute approximate surface area is 110 Å². The molecule has 0 spiro atoms. The van der Waals surface area contributed by atoms with Crippen LogP contribution in [0.1, 0.15) is 5.56 Å². The van der Waals surface area contributed by atoms with Gasteiger partial charge < -0.3 is 10.3 Å². The topological polar surface area (TPSA) is 43.8 Å². The summed E-state index contributed by atoms with van der Waals surface area (Å²) in [7, 11) is 1.88. The fourth-order valence-corrected chi connectivity index (χ4v) is 2.26.